The number of Topliss-reactive ketones (excluding diaryl/α,β-unsaturated/α-hetero) is 1. The van der Waals surface area contributed by atoms with Gasteiger partial charge in [0.25, 0.3) is 0 Å². The van der Waals surface area contributed by atoms with Gasteiger partial charge in [0.05, 0.1) is 11.6 Å². The molecule has 4 heteroatoms. The molecule has 0 radical (unpaired) electrons. The lowest BCUT2D eigenvalue weighted by Crippen LogP contribution is -2.15. The van der Waals surface area contributed by atoms with E-state index < -0.39 is 0 Å². The van der Waals surface area contributed by atoms with Gasteiger partial charge in [0, 0.05) is 11.6 Å². The largest absolute Gasteiger partial charge is 0.303 e. The lowest BCUT2D eigenvalue weighted by Gasteiger charge is -2.16. The second-order valence-electron chi connectivity index (χ2n) is 5.25. The van der Waals surface area contributed by atoms with Crippen LogP contribution in [0.1, 0.15) is 43.5 Å². The van der Waals surface area contributed by atoms with Gasteiger partial charge in [-0.3, -0.25) is 4.79 Å². The van der Waals surface area contributed by atoms with E-state index >= 15 is 0 Å². The number of imidazole rings is 1. The minimum atomic E-state index is -0.225. The summed E-state index contributed by atoms with van der Waals surface area (Å²) in [5.74, 6) is 0.607. The van der Waals surface area contributed by atoms with Gasteiger partial charge in [-0.05, 0) is 12.1 Å². The number of pyridine rings is 1. The monoisotopic (exact) mass is 241 g/mol. The fraction of sp³-hybridized carbons (Fsp3) is 0.357. The Morgan fingerprint density at radius 3 is 2.78 bits per heavy atom. The van der Waals surface area contributed by atoms with Gasteiger partial charge in [-0.25, -0.2) is 4.98 Å². The molecule has 2 rings (SSSR count). The predicted octanol–water partition coefficient (Wildman–Crippen LogP) is 2.73. The molecule has 0 saturated carbocycles. The number of hydrogen-bond donors (Lipinski definition) is 0. The van der Waals surface area contributed by atoms with Gasteiger partial charge in [-0.2, -0.15) is 5.26 Å². The average Bonchev–Trinajstić information content (AvgIpc) is 2.68. The van der Waals surface area contributed by atoms with E-state index in [1.807, 2.05) is 55.6 Å². The molecule has 0 atom stereocenters. The molecule has 0 unspecified atom stereocenters. The molecule has 0 spiro atoms. The fourth-order valence-electron chi connectivity index (χ4n) is 1.93. The number of carbonyl (C=O) groups is 1. The third kappa shape index (κ3) is 2.00. The van der Waals surface area contributed by atoms with Gasteiger partial charge in [-0.1, -0.05) is 26.8 Å². The van der Waals surface area contributed by atoms with Crippen LogP contribution in [0, 0.1) is 11.3 Å². The van der Waals surface area contributed by atoms with Crippen molar-refractivity contribution in [2.45, 2.75) is 32.6 Å². The highest BCUT2D eigenvalue weighted by Gasteiger charge is 2.24. The van der Waals surface area contributed by atoms with Crippen molar-refractivity contribution in [1.82, 2.24) is 9.38 Å². The second kappa shape index (κ2) is 4.26. The van der Waals surface area contributed by atoms with Crippen LogP contribution in [0.25, 0.3) is 5.52 Å². The Kier molecular flexibility index (Phi) is 2.92. The fourth-order valence-corrected chi connectivity index (χ4v) is 1.93. The maximum atomic E-state index is 11.9. The molecule has 0 fully saturated rings. The van der Waals surface area contributed by atoms with Crippen LogP contribution >= 0.6 is 0 Å². The molecular formula is C14H15N3O. The number of carbonyl (C=O) groups excluding carboxylic acids is 1. The highest BCUT2D eigenvalue weighted by Crippen LogP contribution is 2.25. The maximum absolute atomic E-state index is 11.9. The van der Waals surface area contributed by atoms with Crippen LogP contribution in [-0.4, -0.2) is 15.2 Å². The van der Waals surface area contributed by atoms with Crippen LogP contribution in [0.15, 0.2) is 24.4 Å². The molecule has 92 valence electrons. The molecule has 18 heavy (non-hydrogen) atoms. The summed E-state index contributed by atoms with van der Waals surface area (Å²) in [6.45, 7) is 6.15. The van der Waals surface area contributed by atoms with Crippen molar-refractivity contribution in [3.8, 4) is 6.07 Å². The molecule has 0 aliphatic heterocycles. The van der Waals surface area contributed by atoms with E-state index in [0.717, 1.165) is 11.3 Å². The Morgan fingerprint density at radius 2 is 2.17 bits per heavy atom. The Morgan fingerprint density at radius 1 is 1.44 bits per heavy atom. The number of hydrogen-bond acceptors (Lipinski definition) is 3. The lowest BCUT2D eigenvalue weighted by atomic mass is 9.96. The first-order chi connectivity index (χ1) is 8.45. The Balaban J connectivity index is 2.70. The third-order valence-electron chi connectivity index (χ3n) is 2.72. The van der Waals surface area contributed by atoms with Gasteiger partial charge in [-0.15, -0.1) is 0 Å². The van der Waals surface area contributed by atoms with Crippen LogP contribution in [-0.2, 0) is 5.41 Å². The number of aromatic nitrogens is 2. The highest BCUT2D eigenvalue weighted by atomic mass is 16.1. The van der Waals surface area contributed by atoms with E-state index in [-0.39, 0.29) is 17.6 Å². The van der Waals surface area contributed by atoms with E-state index in [1.165, 1.54) is 0 Å². The number of nitrogens with zero attached hydrogens (tertiary/aromatic N) is 3. The standard InChI is InChI=1S/C14H15N3O/c1-14(2,3)13-16-12(11(18)7-8-15)10-6-4-5-9-17(10)13/h4-6,9H,7H2,1-3H3. The SMILES string of the molecule is CC(C)(C)c1nc(C(=O)CC#N)c2ccccn12. The molecule has 0 amide bonds. The van der Waals surface area contributed by atoms with E-state index in [9.17, 15) is 4.79 Å². The van der Waals surface area contributed by atoms with E-state index in [0.29, 0.717) is 5.69 Å². The molecule has 0 N–H and O–H groups in total. The summed E-state index contributed by atoms with van der Waals surface area (Å²) in [5, 5.41) is 8.63. The second-order valence-corrected chi connectivity index (χ2v) is 5.25. The minimum absolute atomic E-state index is 0.134. The molecule has 0 aliphatic carbocycles. The molecule has 4 nitrogen and oxygen atoms in total. The van der Waals surface area contributed by atoms with Crippen molar-refractivity contribution in [3.05, 3.63) is 35.9 Å². The van der Waals surface area contributed by atoms with Gasteiger partial charge in [0.15, 0.2) is 5.78 Å². The van der Waals surface area contributed by atoms with Crippen LogP contribution in [0.2, 0.25) is 0 Å². The Hall–Kier alpha value is -2.15. The van der Waals surface area contributed by atoms with Crippen molar-refractivity contribution in [1.29, 1.82) is 5.26 Å². The summed E-state index contributed by atoms with van der Waals surface area (Å²) >= 11 is 0. The molecule has 2 heterocycles. The summed E-state index contributed by atoms with van der Waals surface area (Å²) in [4.78, 5) is 16.3. The van der Waals surface area contributed by atoms with Gasteiger partial charge in [0.2, 0.25) is 0 Å². The van der Waals surface area contributed by atoms with Crippen molar-refractivity contribution >= 4 is 11.3 Å². The van der Waals surface area contributed by atoms with Gasteiger partial charge in [0.1, 0.15) is 17.9 Å². The molecule has 0 saturated heterocycles. The van der Waals surface area contributed by atoms with Gasteiger partial charge < -0.3 is 4.40 Å². The van der Waals surface area contributed by atoms with Crippen LogP contribution in [0.3, 0.4) is 0 Å². The zero-order valence-electron chi connectivity index (χ0n) is 10.8. The van der Waals surface area contributed by atoms with Crippen LogP contribution in [0.4, 0.5) is 0 Å². The highest BCUT2D eigenvalue weighted by molar-refractivity contribution is 6.01. The van der Waals surface area contributed by atoms with E-state index in [4.69, 9.17) is 5.26 Å². The number of ketones is 1. The minimum Gasteiger partial charge on any atom is -0.303 e. The molecule has 2 aromatic heterocycles. The summed E-state index contributed by atoms with van der Waals surface area (Å²) in [6, 6.07) is 7.51. The molecule has 0 aromatic carbocycles. The van der Waals surface area contributed by atoms with E-state index in [2.05, 4.69) is 4.98 Å². The molecular weight excluding hydrogens is 226 g/mol. The summed E-state index contributed by atoms with van der Waals surface area (Å²) in [6.07, 6.45) is 1.76. The first-order valence-corrected chi connectivity index (χ1v) is 5.83. The van der Waals surface area contributed by atoms with Gasteiger partial charge >= 0.3 is 0 Å². The maximum Gasteiger partial charge on any atom is 0.197 e. The lowest BCUT2D eigenvalue weighted by molar-refractivity contribution is 0.0995. The van der Waals surface area contributed by atoms with Crippen molar-refractivity contribution in [2.24, 2.45) is 0 Å². The molecule has 2 aromatic rings. The van der Waals surface area contributed by atoms with Crippen LogP contribution in [0.5, 0.6) is 0 Å². The normalized spacial score (nSPS) is 11.4. The Bertz CT molecular complexity index is 641. The van der Waals surface area contributed by atoms with Crippen molar-refractivity contribution in [3.63, 3.8) is 0 Å². The smallest absolute Gasteiger partial charge is 0.197 e. The van der Waals surface area contributed by atoms with Crippen molar-refractivity contribution < 1.29 is 4.79 Å². The summed E-state index contributed by atoms with van der Waals surface area (Å²) < 4.78 is 1.92. The predicted molar refractivity (Wildman–Crippen MR) is 68.5 cm³/mol. The zero-order chi connectivity index (χ0) is 13.3. The topological polar surface area (TPSA) is 58.2 Å². The summed E-state index contributed by atoms with van der Waals surface area (Å²) in [7, 11) is 0. The molecule has 0 bridgehead atoms. The zero-order valence-corrected chi connectivity index (χ0v) is 10.8. The quantitative estimate of drug-likeness (QED) is 0.759. The Labute approximate surface area is 106 Å². The number of rotatable bonds is 2. The third-order valence-corrected chi connectivity index (χ3v) is 2.72. The number of fused-ring (bicyclic) bond motifs is 1. The van der Waals surface area contributed by atoms with Crippen molar-refractivity contribution in [2.75, 3.05) is 0 Å². The average molecular weight is 241 g/mol. The van der Waals surface area contributed by atoms with E-state index in [1.54, 1.807) is 0 Å². The number of nitriles is 1. The first kappa shape index (κ1) is 12.3. The first-order valence-electron chi connectivity index (χ1n) is 5.83. The molecule has 0 aliphatic rings. The van der Waals surface area contributed by atoms with Crippen LogP contribution < -0.4 is 0 Å². The summed E-state index contributed by atoms with van der Waals surface area (Å²) in [5.41, 5.74) is 1.000.